The van der Waals surface area contributed by atoms with Gasteiger partial charge in [0.05, 0.1) is 16.2 Å². The van der Waals surface area contributed by atoms with Crippen molar-refractivity contribution >= 4 is 11.6 Å². The zero-order valence-electron chi connectivity index (χ0n) is 20.0. The minimum Gasteiger partial charge on any atom is -0.334 e. The van der Waals surface area contributed by atoms with E-state index >= 15 is 0 Å². The zero-order chi connectivity index (χ0) is 23.6. The van der Waals surface area contributed by atoms with Crippen LogP contribution >= 0.6 is 0 Å². The molecule has 0 atom stereocenters. The Kier molecular flexibility index (Phi) is 5.05. The third-order valence-corrected chi connectivity index (χ3v) is 8.75. The summed E-state index contributed by atoms with van der Waals surface area (Å²) in [7, 11) is 1.92. The van der Waals surface area contributed by atoms with E-state index in [1.54, 1.807) is 11.1 Å². The topological polar surface area (TPSA) is 102 Å². The van der Waals surface area contributed by atoms with Gasteiger partial charge in [-0.3, -0.25) is 29.2 Å². The van der Waals surface area contributed by atoms with E-state index in [4.69, 9.17) is 0 Å². The molecule has 34 heavy (non-hydrogen) atoms. The first kappa shape index (κ1) is 21.8. The molecule has 1 aliphatic heterocycles. The summed E-state index contributed by atoms with van der Waals surface area (Å²) in [4.78, 5) is 28.9. The Balaban J connectivity index is 1.19. The van der Waals surface area contributed by atoms with Gasteiger partial charge in [-0.1, -0.05) is 0 Å². The van der Waals surface area contributed by atoms with Gasteiger partial charge in [0.1, 0.15) is 6.20 Å². The molecule has 0 aromatic carbocycles. The second kappa shape index (κ2) is 7.90. The van der Waals surface area contributed by atoms with Gasteiger partial charge in [-0.2, -0.15) is 10.2 Å². The van der Waals surface area contributed by atoms with Gasteiger partial charge in [0.2, 0.25) is 5.69 Å². The predicted octanol–water partition coefficient (Wildman–Crippen LogP) is 2.72. The molecule has 0 N–H and O–H groups in total. The molecule has 7 rings (SSSR count). The lowest BCUT2D eigenvalue weighted by Crippen LogP contribution is -2.52. The van der Waals surface area contributed by atoms with Gasteiger partial charge in [0, 0.05) is 51.5 Å². The highest BCUT2D eigenvalue weighted by Crippen LogP contribution is 2.58. The van der Waals surface area contributed by atoms with Gasteiger partial charge in [0.15, 0.2) is 0 Å². The number of hydrogen-bond acceptors (Lipinski definition) is 6. The standard InChI is InChI=1S/C24H33N7O3/c1-16-20(13-27(2)25-16)14-28-3-5-29(6-4-28)23(32)22-21(31(33)34)15-30(26-22)24-10-17-7-18(11-24)9-19(8-17)12-24/h13,15,17-19H,3-12,14H2,1-2H3. The van der Waals surface area contributed by atoms with Crippen molar-refractivity contribution < 1.29 is 9.72 Å². The number of piperazine rings is 1. The van der Waals surface area contributed by atoms with Crippen LogP contribution in [0.4, 0.5) is 5.69 Å². The van der Waals surface area contributed by atoms with Crippen LogP contribution in [-0.4, -0.2) is 66.4 Å². The largest absolute Gasteiger partial charge is 0.334 e. The van der Waals surface area contributed by atoms with Gasteiger partial charge in [0.25, 0.3) is 5.91 Å². The van der Waals surface area contributed by atoms with Gasteiger partial charge in [-0.25, -0.2) is 0 Å². The molecule has 3 heterocycles. The maximum absolute atomic E-state index is 13.4. The number of hydrogen-bond donors (Lipinski definition) is 0. The Hall–Kier alpha value is -2.75. The fourth-order valence-electron chi connectivity index (χ4n) is 7.54. The molecule has 1 amide bonds. The summed E-state index contributed by atoms with van der Waals surface area (Å²) in [5.74, 6) is 1.79. The number of nitrogens with zero attached hydrogens (tertiary/aromatic N) is 7. The van der Waals surface area contributed by atoms with E-state index in [0.717, 1.165) is 44.6 Å². The summed E-state index contributed by atoms with van der Waals surface area (Å²) in [6, 6.07) is 0. The Bertz CT molecular complexity index is 1090. The van der Waals surface area contributed by atoms with Crippen molar-refractivity contribution in [2.24, 2.45) is 24.8 Å². The van der Waals surface area contributed by atoms with Crippen molar-refractivity contribution in [2.75, 3.05) is 26.2 Å². The first-order valence-corrected chi connectivity index (χ1v) is 12.5. The fraction of sp³-hybridized carbons (Fsp3) is 0.708. The zero-order valence-corrected chi connectivity index (χ0v) is 20.0. The molecule has 1 saturated heterocycles. The molecule has 0 radical (unpaired) electrons. The van der Waals surface area contributed by atoms with Gasteiger partial charge < -0.3 is 4.90 Å². The van der Waals surface area contributed by atoms with Crippen LogP contribution in [-0.2, 0) is 19.1 Å². The van der Waals surface area contributed by atoms with E-state index in [-0.39, 0.29) is 22.8 Å². The van der Waals surface area contributed by atoms with Crippen LogP contribution in [0, 0.1) is 34.8 Å². The number of aryl methyl sites for hydroxylation is 2. The molecule has 4 bridgehead atoms. The van der Waals surface area contributed by atoms with Gasteiger partial charge in [-0.15, -0.1) is 0 Å². The highest BCUT2D eigenvalue weighted by Gasteiger charge is 2.53. The fourth-order valence-corrected chi connectivity index (χ4v) is 7.54. The van der Waals surface area contributed by atoms with E-state index in [9.17, 15) is 14.9 Å². The van der Waals surface area contributed by atoms with Gasteiger partial charge in [-0.05, 0) is 63.2 Å². The summed E-state index contributed by atoms with van der Waals surface area (Å²) in [6.07, 6.45) is 10.6. The quantitative estimate of drug-likeness (QED) is 0.495. The van der Waals surface area contributed by atoms with Gasteiger partial charge >= 0.3 is 5.69 Å². The van der Waals surface area contributed by atoms with Crippen molar-refractivity contribution in [2.45, 2.75) is 57.5 Å². The SMILES string of the molecule is Cc1nn(C)cc1CN1CCN(C(=O)c2nn(C34CC5CC(CC(C5)C3)C4)cc2[N+](=O)[O-])CC1. The molecule has 0 spiro atoms. The third kappa shape index (κ3) is 3.62. The molecular weight excluding hydrogens is 434 g/mol. The Morgan fingerprint density at radius 3 is 2.21 bits per heavy atom. The first-order valence-electron chi connectivity index (χ1n) is 12.5. The third-order valence-electron chi connectivity index (χ3n) is 8.75. The molecule has 4 saturated carbocycles. The number of amides is 1. The Morgan fingerprint density at radius 2 is 1.68 bits per heavy atom. The summed E-state index contributed by atoms with van der Waals surface area (Å²) in [5.41, 5.74) is 1.93. The molecule has 10 heteroatoms. The van der Waals surface area contributed by atoms with Crippen LogP contribution in [0.25, 0.3) is 0 Å². The minimum absolute atomic E-state index is 0.0114. The number of carbonyl (C=O) groups excluding carboxylic acids is 1. The van der Waals surface area contributed by atoms with Crippen molar-refractivity contribution in [3.8, 4) is 0 Å². The van der Waals surface area contributed by atoms with Crippen LogP contribution in [0.3, 0.4) is 0 Å². The number of rotatable bonds is 5. The van der Waals surface area contributed by atoms with Crippen LogP contribution in [0.15, 0.2) is 12.4 Å². The highest BCUT2D eigenvalue weighted by molar-refractivity contribution is 5.96. The van der Waals surface area contributed by atoms with Crippen molar-refractivity contribution in [3.05, 3.63) is 39.5 Å². The predicted molar refractivity (Wildman–Crippen MR) is 124 cm³/mol. The van der Waals surface area contributed by atoms with Crippen LogP contribution in [0.2, 0.25) is 0 Å². The molecule has 10 nitrogen and oxygen atoms in total. The number of carbonyl (C=O) groups is 1. The molecule has 182 valence electrons. The Labute approximate surface area is 199 Å². The molecule has 5 fully saturated rings. The molecular formula is C24H33N7O3. The average Bonchev–Trinajstić information content (AvgIpc) is 3.37. The lowest BCUT2D eigenvalue weighted by atomic mass is 9.53. The smallest absolute Gasteiger partial charge is 0.320 e. The maximum Gasteiger partial charge on any atom is 0.320 e. The molecule has 5 aliphatic rings. The lowest BCUT2D eigenvalue weighted by molar-refractivity contribution is -0.385. The molecule has 4 aliphatic carbocycles. The highest BCUT2D eigenvalue weighted by atomic mass is 16.6. The second-order valence-corrected chi connectivity index (χ2v) is 11.2. The van der Waals surface area contributed by atoms with E-state index in [2.05, 4.69) is 15.1 Å². The summed E-state index contributed by atoms with van der Waals surface area (Å²) in [5, 5.41) is 21.0. The average molecular weight is 468 g/mol. The second-order valence-electron chi connectivity index (χ2n) is 11.2. The molecule has 2 aromatic rings. The van der Waals surface area contributed by atoms with Crippen LogP contribution in [0.5, 0.6) is 0 Å². The molecule has 2 aromatic heterocycles. The maximum atomic E-state index is 13.4. The first-order chi connectivity index (χ1) is 16.3. The monoisotopic (exact) mass is 467 g/mol. The van der Waals surface area contributed by atoms with E-state index in [0.29, 0.717) is 30.8 Å². The van der Waals surface area contributed by atoms with E-state index in [1.165, 1.54) is 24.8 Å². The van der Waals surface area contributed by atoms with Crippen molar-refractivity contribution in [1.82, 2.24) is 29.4 Å². The summed E-state index contributed by atoms with van der Waals surface area (Å²) >= 11 is 0. The van der Waals surface area contributed by atoms with E-state index < -0.39 is 4.92 Å². The number of aromatic nitrogens is 4. The van der Waals surface area contributed by atoms with Crippen LogP contribution in [0.1, 0.15) is 60.3 Å². The summed E-state index contributed by atoms with van der Waals surface area (Å²) < 4.78 is 3.66. The minimum atomic E-state index is -0.432. The number of nitro groups is 1. The van der Waals surface area contributed by atoms with Crippen molar-refractivity contribution in [1.29, 1.82) is 0 Å². The normalized spacial score (nSPS) is 30.8. The van der Waals surface area contributed by atoms with Crippen LogP contribution < -0.4 is 0 Å². The van der Waals surface area contributed by atoms with Crippen molar-refractivity contribution in [3.63, 3.8) is 0 Å². The molecule has 0 unspecified atom stereocenters. The summed E-state index contributed by atoms with van der Waals surface area (Å²) in [6.45, 7) is 5.34. The Morgan fingerprint density at radius 1 is 1.06 bits per heavy atom. The lowest BCUT2D eigenvalue weighted by Gasteiger charge is -2.56. The van der Waals surface area contributed by atoms with E-state index in [1.807, 2.05) is 29.5 Å².